The van der Waals surface area contributed by atoms with E-state index in [0.717, 1.165) is 23.3 Å². The molecule has 0 unspecified atom stereocenters. The second-order valence-corrected chi connectivity index (χ2v) is 7.65. The Bertz CT molecular complexity index is 468. The lowest BCUT2D eigenvalue weighted by atomic mass is 9.68. The molecule has 2 aliphatic rings. The Hall–Kier alpha value is -0.560. The molecular formula is C19H26ClF. The molecule has 3 rings (SSSR count). The zero-order valence-electron chi connectivity index (χ0n) is 13.0. The number of hydrogen-bond donors (Lipinski definition) is 0. The van der Waals surface area contributed by atoms with Gasteiger partial charge in [0.05, 0.1) is 5.02 Å². The third kappa shape index (κ3) is 3.44. The minimum atomic E-state index is -0.266. The van der Waals surface area contributed by atoms with E-state index < -0.39 is 0 Å². The number of benzene rings is 1. The zero-order valence-corrected chi connectivity index (χ0v) is 13.7. The fourth-order valence-electron chi connectivity index (χ4n) is 4.49. The van der Waals surface area contributed by atoms with Crippen LogP contribution in [0, 0.1) is 23.6 Å². The molecule has 0 aromatic heterocycles. The van der Waals surface area contributed by atoms with E-state index in [1.165, 1.54) is 57.4 Å². The molecule has 2 aliphatic carbocycles. The maximum absolute atomic E-state index is 13.6. The topological polar surface area (TPSA) is 0 Å². The Morgan fingerprint density at radius 2 is 1.48 bits per heavy atom. The van der Waals surface area contributed by atoms with Crippen molar-refractivity contribution < 1.29 is 4.39 Å². The fourth-order valence-corrected chi connectivity index (χ4v) is 4.77. The molecule has 0 atom stereocenters. The summed E-state index contributed by atoms with van der Waals surface area (Å²) in [6.07, 6.45) is 10.7. The molecule has 21 heavy (non-hydrogen) atoms. The van der Waals surface area contributed by atoms with Gasteiger partial charge in [0.25, 0.3) is 0 Å². The van der Waals surface area contributed by atoms with Gasteiger partial charge in [-0.2, -0.15) is 0 Å². The third-order valence-electron chi connectivity index (χ3n) is 5.92. The van der Waals surface area contributed by atoms with Crippen LogP contribution >= 0.6 is 11.6 Å². The van der Waals surface area contributed by atoms with E-state index in [9.17, 15) is 4.39 Å². The summed E-state index contributed by atoms with van der Waals surface area (Å²) in [6, 6.07) is 5.27. The molecule has 0 spiro atoms. The Kier molecular flexibility index (Phi) is 4.88. The summed E-state index contributed by atoms with van der Waals surface area (Å²) in [4.78, 5) is 0. The minimum absolute atomic E-state index is 0.266. The van der Waals surface area contributed by atoms with E-state index in [1.807, 2.05) is 6.07 Å². The molecule has 0 nitrogen and oxygen atoms in total. The standard InChI is InChI=1S/C19H26ClF/c1-13-5-7-14(8-6-13)15-9-11-16(12-10-15)17-3-2-4-18(21)19(17)20/h2-4,13-16H,5-12H2,1H3. The van der Waals surface area contributed by atoms with Crippen LogP contribution in [0.15, 0.2) is 18.2 Å². The van der Waals surface area contributed by atoms with Crippen LogP contribution in [0.3, 0.4) is 0 Å². The molecule has 0 aliphatic heterocycles. The van der Waals surface area contributed by atoms with Crippen LogP contribution in [0.25, 0.3) is 0 Å². The lowest BCUT2D eigenvalue weighted by Crippen LogP contribution is -2.24. The smallest absolute Gasteiger partial charge is 0.142 e. The second-order valence-electron chi connectivity index (χ2n) is 7.27. The van der Waals surface area contributed by atoms with Crippen molar-refractivity contribution in [2.75, 3.05) is 0 Å². The molecule has 0 amide bonds. The van der Waals surface area contributed by atoms with Gasteiger partial charge in [0.15, 0.2) is 0 Å². The molecule has 2 fully saturated rings. The highest BCUT2D eigenvalue weighted by molar-refractivity contribution is 6.31. The van der Waals surface area contributed by atoms with Gasteiger partial charge in [-0.05, 0) is 73.8 Å². The highest BCUT2D eigenvalue weighted by Crippen LogP contribution is 2.45. The molecule has 1 aromatic rings. The highest BCUT2D eigenvalue weighted by atomic mass is 35.5. The summed E-state index contributed by atoms with van der Waals surface area (Å²) in [7, 11) is 0. The van der Waals surface area contributed by atoms with Crippen LogP contribution in [-0.4, -0.2) is 0 Å². The molecule has 2 heteroatoms. The normalized spacial score (nSPS) is 33.9. The van der Waals surface area contributed by atoms with Gasteiger partial charge in [0.2, 0.25) is 0 Å². The maximum atomic E-state index is 13.6. The summed E-state index contributed by atoms with van der Waals surface area (Å²) in [5.41, 5.74) is 1.03. The van der Waals surface area contributed by atoms with E-state index in [0.29, 0.717) is 10.9 Å². The van der Waals surface area contributed by atoms with Crippen LogP contribution < -0.4 is 0 Å². The Morgan fingerprint density at radius 1 is 0.905 bits per heavy atom. The van der Waals surface area contributed by atoms with Gasteiger partial charge in [0.1, 0.15) is 5.82 Å². The first-order valence-electron chi connectivity index (χ1n) is 8.59. The molecule has 0 bridgehead atoms. The molecule has 1 aromatic carbocycles. The lowest BCUT2D eigenvalue weighted by molar-refractivity contribution is 0.165. The summed E-state index contributed by atoms with van der Waals surface area (Å²) < 4.78 is 13.6. The molecule has 0 heterocycles. The second kappa shape index (κ2) is 6.69. The first-order chi connectivity index (χ1) is 10.1. The monoisotopic (exact) mass is 308 g/mol. The van der Waals surface area contributed by atoms with Gasteiger partial charge in [-0.25, -0.2) is 4.39 Å². The van der Waals surface area contributed by atoms with E-state index in [-0.39, 0.29) is 5.82 Å². The van der Waals surface area contributed by atoms with Crippen molar-refractivity contribution >= 4 is 11.6 Å². The predicted octanol–water partition coefficient (Wildman–Crippen LogP) is 6.58. The molecule has 2 saturated carbocycles. The molecule has 0 N–H and O–H groups in total. The molecule has 0 saturated heterocycles. The molecular weight excluding hydrogens is 283 g/mol. The average molecular weight is 309 g/mol. The quantitative estimate of drug-likeness (QED) is 0.579. The number of rotatable bonds is 2. The van der Waals surface area contributed by atoms with E-state index in [2.05, 4.69) is 6.92 Å². The number of halogens is 2. The maximum Gasteiger partial charge on any atom is 0.142 e. The van der Waals surface area contributed by atoms with Crippen LogP contribution in [0.5, 0.6) is 0 Å². The van der Waals surface area contributed by atoms with Gasteiger partial charge in [-0.3, -0.25) is 0 Å². The minimum Gasteiger partial charge on any atom is -0.205 e. The molecule has 0 radical (unpaired) electrons. The van der Waals surface area contributed by atoms with Crippen molar-refractivity contribution in [1.82, 2.24) is 0 Å². The summed E-state index contributed by atoms with van der Waals surface area (Å²) >= 11 is 6.15. The summed E-state index contributed by atoms with van der Waals surface area (Å²) in [5, 5.41) is 0.354. The van der Waals surface area contributed by atoms with Crippen LogP contribution in [0.4, 0.5) is 4.39 Å². The fraction of sp³-hybridized carbons (Fsp3) is 0.684. The van der Waals surface area contributed by atoms with Crippen molar-refractivity contribution in [2.45, 2.75) is 64.2 Å². The largest absolute Gasteiger partial charge is 0.205 e. The predicted molar refractivity (Wildman–Crippen MR) is 87.2 cm³/mol. The lowest BCUT2D eigenvalue weighted by Gasteiger charge is -2.37. The van der Waals surface area contributed by atoms with E-state index in [1.54, 1.807) is 6.07 Å². The van der Waals surface area contributed by atoms with Crippen molar-refractivity contribution in [2.24, 2.45) is 17.8 Å². The Morgan fingerprint density at radius 3 is 2.10 bits per heavy atom. The van der Waals surface area contributed by atoms with Crippen LogP contribution in [0.2, 0.25) is 5.02 Å². The average Bonchev–Trinajstić information content (AvgIpc) is 2.51. The van der Waals surface area contributed by atoms with Crippen molar-refractivity contribution in [3.63, 3.8) is 0 Å². The van der Waals surface area contributed by atoms with Gasteiger partial charge >= 0.3 is 0 Å². The first-order valence-corrected chi connectivity index (χ1v) is 8.97. The van der Waals surface area contributed by atoms with Crippen LogP contribution in [0.1, 0.15) is 69.8 Å². The number of hydrogen-bond acceptors (Lipinski definition) is 0. The van der Waals surface area contributed by atoms with E-state index >= 15 is 0 Å². The summed E-state index contributed by atoms with van der Waals surface area (Å²) in [5.74, 6) is 2.99. The van der Waals surface area contributed by atoms with Gasteiger partial charge < -0.3 is 0 Å². The SMILES string of the molecule is CC1CCC(C2CCC(c3cccc(F)c3Cl)CC2)CC1. The molecule has 116 valence electrons. The first kappa shape index (κ1) is 15.3. The van der Waals surface area contributed by atoms with Gasteiger partial charge in [-0.1, -0.05) is 43.5 Å². The van der Waals surface area contributed by atoms with Crippen molar-refractivity contribution in [1.29, 1.82) is 0 Å². The Balaban J connectivity index is 1.59. The van der Waals surface area contributed by atoms with E-state index in [4.69, 9.17) is 11.6 Å². The van der Waals surface area contributed by atoms with Crippen LogP contribution in [-0.2, 0) is 0 Å². The Labute approximate surface area is 133 Å². The van der Waals surface area contributed by atoms with Gasteiger partial charge in [0, 0.05) is 0 Å². The zero-order chi connectivity index (χ0) is 14.8. The van der Waals surface area contributed by atoms with Gasteiger partial charge in [-0.15, -0.1) is 0 Å². The van der Waals surface area contributed by atoms with Crippen molar-refractivity contribution in [3.05, 3.63) is 34.6 Å². The highest BCUT2D eigenvalue weighted by Gasteiger charge is 2.31. The summed E-state index contributed by atoms with van der Waals surface area (Å²) in [6.45, 7) is 2.39. The third-order valence-corrected chi connectivity index (χ3v) is 6.32. The van der Waals surface area contributed by atoms with Crippen molar-refractivity contribution in [3.8, 4) is 0 Å².